The molecule has 0 aliphatic carbocycles. The standard InChI is InChI=1S/C31H40N6O9/c1-4-9-32-28(41)24-6-5-10-37(24)29(42)19(3)46-25-16-22(33-21-15-18(2)7-8-20(21)25)27(40)34-23(17-26(38)39)30(43)35-11-13-36(14-12-35)31(44)45/h7-8,15-16,19,23-24H,4-6,9-14,17H2,1-3H3,(H,32,41)(H,34,40)(H,38,39)(H,44,45)/t19-,23+,24+/m1/s1. The first-order valence-electron chi connectivity index (χ1n) is 15.3. The topological polar surface area (TPSA) is 199 Å². The van der Waals surface area contributed by atoms with Crippen molar-refractivity contribution in [1.82, 2.24) is 30.3 Å². The quantitative estimate of drug-likeness (QED) is 0.277. The Bertz CT molecular complexity index is 1510. The number of aryl methyl sites for hydroxylation is 1. The summed E-state index contributed by atoms with van der Waals surface area (Å²) in [4.78, 5) is 84.2. The fourth-order valence-electron chi connectivity index (χ4n) is 5.61. The first-order chi connectivity index (χ1) is 21.9. The lowest BCUT2D eigenvalue weighted by atomic mass is 10.1. The summed E-state index contributed by atoms with van der Waals surface area (Å²) in [7, 11) is 0. The van der Waals surface area contributed by atoms with Gasteiger partial charge in [-0.2, -0.15) is 0 Å². The van der Waals surface area contributed by atoms with E-state index in [2.05, 4.69) is 15.6 Å². The van der Waals surface area contributed by atoms with Crippen LogP contribution in [0.4, 0.5) is 4.79 Å². The van der Waals surface area contributed by atoms with Gasteiger partial charge in [-0.05, 0) is 50.8 Å². The van der Waals surface area contributed by atoms with Crippen LogP contribution < -0.4 is 15.4 Å². The molecule has 3 heterocycles. The number of carbonyl (C=O) groups excluding carboxylic acids is 4. The molecule has 0 spiro atoms. The van der Waals surface area contributed by atoms with Gasteiger partial charge >= 0.3 is 12.1 Å². The molecular formula is C31H40N6O9. The van der Waals surface area contributed by atoms with Crippen molar-refractivity contribution in [3.05, 3.63) is 35.5 Å². The van der Waals surface area contributed by atoms with Gasteiger partial charge < -0.3 is 40.3 Å². The predicted octanol–water partition coefficient (Wildman–Crippen LogP) is 1.22. The Morgan fingerprint density at radius 2 is 1.70 bits per heavy atom. The summed E-state index contributed by atoms with van der Waals surface area (Å²) in [5.74, 6) is -3.22. The summed E-state index contributed by atoms with van der Waals surface area (Å²) in [5, 5.41) is 24.5. The van der Waals surface area contributed by atoms with E-state index in [0.29, 0.717) is 36.8 Å². The number of pyridine rings is 1. The van der Waals surface area contributed by atoms with E-state index in [1.165, 1.54) is 15.9 Å². The lowest BCUT2D eigenvalue weighted by Gasteiger charge is -2.35. The van der Waals surface area contributed by atoms with E-state index in [4.69, 9.17) is 4.74 Å². The van der Waals surface area contributed by atoms with Crippen molar-refractivity contribution < 1.29 is 43.7 Å². The fraction of sp³-hybridized carbons (Fsp3) is 0.516. The van der Waals surface area contributed by atoms with Crippen LogP contribution in [0.5, 0.6) is 5.75 Å². The van der Waals surface area contributed by atoms with Gasteiger partial charge in [0, 0.05) is 50.7 Å². The van der Waals surface area contributed by atoms with Gasteiger partial charge in [-0.1, -0.05) is 13.0 Å². The molecule has 2 aliphatic heterocycles. The maximum atomic E-state index is 13.5. The minimum absolute atomic E-state index is 0.0483. The molecule has 15 nitrogen and oxygen atoms in total. The molecule has 2 saturated heterocycles. The fourth-order valence-corrected chi connectivity index (χ4v) is 5.61. The second kappa shape index (κ2) is 14.9. The number of ether oxygens (including phenoxy) is 1. The van der Waals surface area contributed by atoms with Crippen LogP contribution in [-0.2, 0) is 19.2 Å². The summed E-state index contributed by atoms with van der Waals surface area (Å²) in [6.45, 7) is 6.47. The van der Waals surface area contributed by atoms with E-state index in [9.17, 15) is 39.0 Å². The Hall–Kier alpha value is -4.95. The molecule has 0 saturated carbocycles. The van der Waals surface area contributed by atoms with Gasteiger partial charge in [0.2, 0.25) is 11.8 Å². The number of carbonyl (C=O) groups is 6. The molecule has 0 radical (unpaired) electrons. The number of amides is 5. The molecule has 3 atom stereocenters. The molecule has 2 aromatic rings. The molecule has 15 heteroatoms. The van der Waals surface area contributed by atoms with Gasteiger partial charge in [0.1, 0.15) is 23.5 Å². The number of nitrogens with one attached hydrogen (secondary N) is 2. The average molecular weight is 641 g/mol. The number of carboxylic acids is 1. The van der Waals surface area contributed by atoms with Crippen LogP contribution >= 0.6 is 0 Å². The van der Waals surface area contributed by atoms with Crippen LogP contribution in [-0.4, -0.2) is 123 Å². The number of nitrogens with zero attached hydrogens (tertiary/aromatic N) is 4. The van der Waals surface area contributed by atoms with Crippen molar-refractivity contribution in [3.8, 4) is 5.75 Å². The lowest BCUT2D eigenvalue weighted by molar-refractivity contribution is -0.143. The number of rotatable bonds is 11. The van der Waals surface area contributed by atoms with Gasteiger partial charge in [-0.25, -0.2) is 9.78 Å². The SMILES string of the molecule is CCCNC(=O)[C@@H]1CCCN1C(=O)[C@@H](C)Oc1cc(C(=O)N[C@@H](CC(=O)O)C(=O)N2CCN(C(=O)O)CC2)nc2cc(C)ccc12. The van der Waals surface area contributed by atoms with Crippen molar-refractivity contribution in [2.24, 2.45) is 0 Å². The number of hydrogen-bond donors (Lipinski definition) is 4. The number of benzene rings is 1. The Kier molecular flexibility index (Phi) is 11.0. The predicted molar refractivity (Wildman–Crippen MR) is 164 cm³/mol. The van der Waals surface area contributed by atoms with Crippen LogP contribution in [0.3, 0.4) is 0 Å². The highest BCUT2D eigenvalue weighted by atomic mass is 16.5. The third-order valence-electron chi connectivity index (χ3n) is 8.04. The summed E-state index contributed by atoms with van der Waals surface area (Å²) < 4.78 is 6.12. The third kappa shape index (κ3) is 8.00. The summed E-state index contributed by atoms with van der Waals surface area (Å²) in [5.41, 5.74) is 1.06. The van der Waals surface area contributed by atoms with Gasteiger partial charge in [0.25, 0.3) is 11.8 Å². The number of carboxylic acid groups (broad SMARTS) is 2. The number of likely N-dealkylation sites (tertiary alicyclic amines) is 1. The Labute approximate surface area is 265 Å². The minimum atomic E-state index is -1.44. The number of aliphatic carboxylic acids is 1. The zero-order chi connectivity index (χ0) is 33.5. The molecule has 1 aromatic carbocycles. The summed E-state index contributed by atoms with van der Waals surface area (Å²) in [6.07, 6.45) is -0.850. The van der Waals surface area contributed by atoms with Crippen molar-refractivity contribution in [2.45, 2.75) is 64.6 Å². The van der Waals surface area contributed by atoms with E-state index in [0.717, 1.165) is 16.9 Å². The van der Waals surface area contributed by atoms with Crippen molar-refractivity contribution in [3.63, 3.8) is 0 Å². The molecule has 248 valence electrons. The molecule has 46 heavy (non-hydrogen) atoms. The van der Waals surface area contributed by atoms with Crippen molar-refractivity contribution in [1.29, 1.82) is 0 Å². The molecule has 5 amide bonds. The van der Waals surface area contributed by atoms with E-state index in [1.807, 2.05) is 19.9 Å². The van der Waals surface area contributed by atoms with Crippen molar-refractivity contribution in [2.75, 3.05) is 39.3 Å². The summed E-state index contributed by atoms with van der Waals surface area (Å²) in [6, 6.07) is 4.59. The van der Waals surface area contributed by atoms with Crippen LogP contribution in [0.2, 0.25) is 0 Å². The first-order valence-corrected chi connectivity index (χ1v) is 15.3. The molecule has 2 fully saturated rings. The van der Waals surface area contributed by atoms with Crippen LogP contribution in [0, 0.1) is 6.92 Å². The first kappa shape index (κ1) is 33.9. The maximum absolute atomic E-state index is 13.5. The van der Waals surface area contributed by atoms with E-state index in [1.54, 1.807) is 19.1 Å². The van der Waals surface area contributed by atoms with E-state index in [-0.39, 0.29) is 49.4 Å². The highest BCUT2D eigenvalue weighted by Crippen LogP contribution is 2.29. The van der Waals surface area contributed by atoms with E-state index >= 15 is 0 Å². The molecular weight excluding hydrogens is 600 g/mol. The number of hydrogen-bond acceptors (Lipinski definition) is 8. The normalized spacial score (nSPS) is 17.7. The zero-order valence-corrected chi connectivity index (χ0v) is 26.2. The number of aromatic nitrogens is 1. The minimum Gasteiger partial charge on any atom is -0.481 e. The molecule has 4 N–H and O–H groups in total. The largest absolute Gasteiger partial charge is 0.481 e. The zero-order valence-electron chi connectivity index (χ0n) is 26.2. The second-order valence-electron chi connectivity index (χ2n) is 11.5. The van der Waals surface area contributed by atoms with Crippen LogP contribution in [0.15, 0.2) is 24.3 Å². The van der Waals surface area contributed by atoms with Crippen molar-refractivity contribution >= 4 is 46.6 Å². The lowest BCUT2D eigenvalue weighted by Crippen LogP contribution is -2.56. The number of fused-ring (bicyclic) bond motifs is 1. The van der Waals surface area contributed by atoms with E-state index < -0.39 is 48.5 Å². The highest BCUT2D eigenvalue weighted by molar-refractivity contribution is 6.00. The molecule has 4 rings (SSSR count). The van der Waals surface area contributed by atoms with Gasteiger partial charge in [0.15, 0.2) is 6.10 Å². The molecule has 0 unspecified atom stereocenters. The molecule has 2 aliphatic rings. The smallest absolute Gasteiger partial charge is 0.407 e. The van der Waals surface area contributed by atoms with Gasteiger partial charge in [-0.3, -0.25) is 24.0 Å². The third-order valence-corrected chi connectivity index (χ3v) is 8.04. The Morgan fingerprint density at radius 3 is 2.35 bits per heavy atom. The average Bonchev–Trinajstić information content (AvgIpc) is 3.52. The maximum Gasteiger partial charge on any atom is 0.407 e. The monoisotopic (exact) mass is 640 g/mol. The van der Waals surface area contributed by atoms with Crippen LogP contribution in [0.25, 0.3) is 10.9 Å². The summed E-state index contributed by atoms with van der Waals surface area (Å²) >= 11 is 0. The van der Waals surface area contributed by atoms with Crippen LogP contribution in [0.1, 0.15) is 55.6 Å². The Balaban J connectivity index is 1.55. The highest BCUT2D eigenvalue weighted by Gasteiger charge is 2.37. The van der Waals surface area contributed by atoms with Gasteiger partial charge in [0.05, 0.1) is 11.9 Å². The number of piperazine rings is 1. The molecule has 0 bridgehead atoms. The molecule has 1 aromatic heterocycles. The Morgan fingerprint density at radius 1 is 1.00 bits per heavy atom. The second-order valence-corrected chi connectivity index (χ2v) is 11.5. The van der Waals surface area contributed by atoms with Gasteiger partial charge in [-0.15, -0.1) is 0 Å².